The van der Waals surface area contributed by atoms with E-state index in [1.54, 1.807) is 0 Å². The number of aromatic nitrogens is 2. The summed E-state index contributed by atoms with van der Waals surface area (Å²) in [7, 11) is -10.2. The average Bonchev–Trinajstić information content (AvgIpc) is 2.79. The number of nitriles is 1. The van der Waals surface area contributed by atoms with Crippen LogP contribution in [-0.2, 0) is 11.2 Å². The van der Waals surface area contributed by atoms with Crippen molar-refractivity contribution in [2.45, 2.75) is 15.3 Å². The molecule has 0 spiro atoms. The molecule has 0 aliphatic heterocycles. The molecule has 0 aliphatic carbocycles. The first-order chi connectivity index (χ1) is 12.3. The van der Waals surface area contributed by atoms with Crippen molar-refractivity contribution in [3.8, 4) is 11.8 Å². The summed E-state index contributed by atoms with van der Waals surface area (Å²) in [5.41, 5.74) is -1.87. The maximum absolute atomic E-state index is 12.9. The second-order valence-electron chi connectivity index (χ2n) is 5.01. The van der Waals surface area contributed by atoms with Crippen LogP contribution in [0.1, 0.15) is 5.69 Å². The highest BCUT2D eigenvalue weighted by Gasteiger charge is 2.65. The normalized spacial score (nSPS) is 16.2. The van der Waals surface area contributed by atoms with Crippen LogP contribution in [0.2, 0.25) is 10.0 Å². The van der Waals surface area contributed by atoms with Gasteiger partial charge in [-0.05, 0) is 12.1 Å². The molecule has 2 aromatic rings. The largest absolute Gasteiger partial charge is 0.604 e. The molecule has 17 heteroatoms. The smallest absolute Gasteiger partial charge is 0.578 e. The fourth-order valence-corrected chi connectivity index (χ4v) is 4.15. The number of halogens is 10. The van der Waals surface area contributed by atoms with E-state index in [0.29, 0.717) is 0 Å². The van der Waals surface area contributed by atoms with Crippen molar-refractivity contribution < 1.29 is 37.2 Å². The van der Waals surface area contributed by atoms with E-state index < -0.39 is 63.9 Å². The number of hydrogen-bond donors (Lipinski definition) is 1. The second kappa shape index (κ2) is 5.95. The molecule has 0 aliphatic rings. The third-order valence-corrected chi connectivity index (χ3v) is 5.92. The molecular formula is C11H4Cl2F8N4OS2. The Hall–Kier alpha value is -1.60. The van der Waals surface area contributed by atoms with Gasteiger partial charge in [0.1, 0.15) is 27.8 Å². The first kappa shape index (κ1) is 22.7. The van der Waals surface area contributed by atoms with Crippen molar-refractivity contribution >= 4 is 50.4 Å². The topological polar surface area (TPSA) is 90.7 Å². The number of nitrogens with two attached hydrogens (primary N) is 1. The number of alkyl halides is 3. The molecule has 2 N–H and O–H groups in total. The first-order valence-electron chi connectivity index (χ1n) is 6.28. The van der Waals surface area contributed by atoms with E-state index in [0.717, 1.165) is 0 Å². The zero-order valence-corrected chi connectivity index (χ0v) is 15.7. The molecule has 0 bridgehead atoms. The Labute approximate surface area is 163 Å². The zero-order chi connectivity index (χ0) is 21.9. The third-order valence-electron chi connectivity index (χ3n) is 3.03. The summed E-state index contributed by atoms with van der Waals surface area (Å²) in [6.07, 6.45) is 0. The molecule has 5 nitrogen and oxygen atoms in total. The molecule has 0 radical (unpaired) electrons. The fraction of sp³-hybridized carbons (Fsp3) is 0.0909. The minimum atomic E-state index is -10.2. The van der Waals surface area contributed by atoms with Gasteiger partial charge in [-0.15, -0.1) is 18.3 Å². The van der Waals surface area contributed by atoms with Crippen LogP contribution in [0.25, 0.3) is 5.69 Å². The number of rotatable bonds is 3. The van der Waals surface area contributed by atoms with Gasteiger partial charge in [0.05, 0.1) is 10.0 Å². The molecule has 1 aromatic heterocycles. The number of nitrogens with zero attached hydrogens (tertiary/aromatic N) is 3. The molecule has 1 aromatic carbocycles. The lowest BCUT2D eigenvalue weighted by atomic mass is 10.3. The summed E-state index contributed by atoms with van der Waals surface area (Å²) in [6, 6.07) is 0.732. The number of nitrogen functional groups attached to an aromatic ring is 1. The van der Waals surface area contributed by atoms with Crippen LogP contribution in [0.3, 0.4) is 0 Å². The molecule has 0 saturated heterocycles. The predicted octanol–water partition coefficient (Wildman–Crippen LogP) is 5.92. The van der Waals surface area contributed by atoms with E-state index in [9.17, 15) is 37.2 Å². The van der Waals surface area contributed by atoms with Gasteiger partial charge in [0.2, 0.25) is 10.6 Å². The lowest BCUT2D eigenvalue weighted by molar-refractivity contribution is -0.0435. The Morgan fingerprint density at radius 2 is 1.61 bits per heavy atom. The van der Waals surface area contributed by atoms with E-state index in [1.165, 1.54) is 6.07 Å². The zero-order valence-electron chi connectivity index (χ0n) is 12.6. The van der Waals surface area contributed by atoms with Crippen molar-refractivity contribution in [3.05, 3.63) is 27.9 Å². The Morgan fingerprint density at radius 3 is 1.96 bits per heavy atom. The Balaban J connectivity index is 2.79. The molecule has 28 heavy (non-hydrogen) atoms. The summed E-state index contributed by atoms with van der Waals surface area (Å²) in [4.78, 5) is -3.76. The summed E-state index contributed by atoms with van der Waals surface area (Å²) >= 11 is 7.27. The highest BCUT2D eigenvalue weighted by Crippen LogP contribution is 3.02. The van der Waals surface area contributed by atoms with Gasteiger partial charge in [0, 0.05) is 0 Å². The van der Waals surface area contributed by atoms with Crippen LogP contribution in [-0.4, -0.2) is 19.8 Å². The summed E-state index contributed by atoms with van der Waals surface area (Å²) in [5.74, 6) is -1.09. The van der Waals surface area contributed by atoms with E-state index >= 15 is 0 Å². The number of hydrogen-bond acceptors (Lipinski definition) is 4. The highest BCUT2D eigenvalue weighted by atomic mass is 35.5. The third kappa shape index (κ3) is 4.20. The van der Waals surface area contributed by atoms with Crippen molar-refractivity contribution in [1.82, 2.24) is 9.78 Å². The minimum Gasteiger partial charge on any atom is -0.604 e. The van der Waals surface area contributed by atoms with Gasteiger partial charge in [-0.1, -0.05) is 42.6 Å². The molecule has 1 atom stereocenters. The summed E-state index contributed by atoms with van der Waals surface area (Å²) in [6.45, 7) is 0. The first-order valence-corrected chi connectivity index (χ1v) is 10.1. The van der Waals surface area contributed by atoms with Crippen molar-refractivity contribution in [2.24, 2.45) is 0 Å². The van der Waals surface area contributed by atoms with Gasteiger partial charge in [0.25, 0.3) is 0 Å². The average molecular weight is 495 g/mol. The van der Waals surface area contributed by atoms with Gasteiger partial charge < -0.3 is 10.3 Å². The van der Waals surface area contributed by atoms with Gasteiger partial charge in [-0.3, -0.25) is 0 Å². The molecule has 2 rings (SSSR count). The fourth-order valence-electron chi connectivity index (χ4n) is 1.93. The standard InChI is InChI=1S/C11H4Cl2F8N4OS2/c12-5-1-4(28(17,18,19,20)21)2-6(13)8(5)25-10(23)9(7(3-22)24-25)27(26)11(14,15)16/h1-2H,23H2. The highest BCUT2D eigenvalue weighted by molar-refractivity contribution is 8.45. The van der Waals surface area contributed by atoms with Gasteiger partial charge >= 0.3 is 15.7 Å². The van der Waals surface area contributed by atoms with Crippen LogP contribution < -0.4 is 5.73 Å². The molecule has 156 valence electrons. The SMILES string of the molecule is N#Cc1nn(-c2c(Cl)cc(S(F)(F)(F)(F)F)cc2Cl)c(N)c1[S+]([O-])C(F)(F)F. The number of anilines is 1. The van der Waals surface area contributed by atoms with Crippen LogP contribution in [0.15, 0.2) is 21.9 Å². The van der Waals surface area contributed by atoms with Crippen molar-refractivity contribution in [2.75, 3.05) is 5.73 Å². The molecule has 0 amide bonds. The summed E-state index contributed by atoms with van der Waals surface area (Å²) < 4.78 is 114. The Morgan fingerprint density at radius 1 is 1.14 bits per heavy atom. The Bertz CT molecular complexity index is 993. The summed E-state index contributed by atoms with van der Waals surface area (Å²) in [5, 5.41) is 9.95. The molecule has 0 saturated carbocycles. The maximum atomic E-state index is 12.9. The molecule has 1 unspecified atom stereocenters. The maximum Gasteiger partial charge on any atom is 0.578 e. The van der Waals surface area contributed by atoms with Crippen molar-refractivity contribution in [1.29, 1.82) is 5.26 Å². The monoisotopic (exact) mass is 494 g/mol. The van der Waals surface area contributed by atoms with Crippen LogP contribution in [0.4, 0.5) is 38.4 Å². The minimum absolute atomic E-state index is 0.206. The second-order valence-corrected chi connectivity index (χ2v) is 9.64. The van der Waals surface area contributed by atoms with Crippen LogP contribution in [0.5, 0.6) is 0 Å². The van der Waals surface area contributed by atoms with Gasteiger partial charge in [-0.25, -0.2) is 4.68 Å². The lowest BCUT2D eigenvalue weighted by Gasteiger charge is -2.40. The Kier molecular flexibility index (Phi) is 4.82. The van der Waals surface area contributed by atoms with Crippen LogP contribution in [0, 0.1) is 11.3 Å². The predicted molar refractivity (Wildman–Crippen MR) is 86.6 cm³/mol. The van der Waals surface area contributed by atoms with Gasteiger partial charge in [0.15, 0.2) is 5.82 Å². The molecule has 0 fully saturated rings. The number of benzene rings is 1. The quantitative estimate of drug-likeness (QED) is 0.423. The van der Waals surface area contributed by atoms with E-state index in [2.05, 4.69) is 5.10 Å². The molecule has 1 heterocycles. The van der Waals surface area contributed by atoms with Crippen LogP contribution >= 0.6 is 33.4 Å². The van der Waals surface area contributed by atoms with Gasteiger partial charge in [-0.2, -0.15) is 5.26 Å². The van der Waals surface area contributed by atoms with E-state index in [-0.39, 0.29) is 16.8 Å². The van der Waals surface area contributed by atoms with Crippen molar-refractivity contribution in [3.63, 3.8) is 0 Å². The van der Waals surface area contributed by atoms with E-state index in [1.807, 2.05) is 0 Å². The molecular weight excluding hydrogens is 491 g/mol. The lowest BCUT2D eigenvalue weighted by Crippen LogP contribution is -2.24. The van der Waals surface area contributed by atoms with E-state index in [4.69, 9.17) is 34.2 Å².